The number of hydrogen-bond acceptors (Lipinski definition) is 4. The van der Waals surface area contributed by atoms with E-state index in [4.69, 9.17) is 5.73 Å². The van der Waals surface area contributed by atoms with Crippen LogP contribution in [0.1, 0.15) is 19.3 Å². The number of rotatable bonds is 3. The highest BCUT2D eigenvalue weighted by Crippen LogP contribution is 2.38. The van der Waals surface area contributed by atoms with Crippen LogP contribution in [0.2, 0.25) is 0 Å². The normalized spacial score (nSPS) is 15.5. The van der Waals surface area contributed by atoms with Crippen LogP contribution >= 0.6 is 11.5 Å². The van der Waals surface area contributed by atoms with Gasteiger partial charge >= 0.3 is 0 Å². The Hall–Kier alpha value is -1.55. The van der Waals surface area contributed by atoms with Crippen LogP contribution in [0, 0.1) is 0 Å². The molecular formula is C13H15N3S. The highest BCUT2D eigenvalue weighted by Gasteiger charge is 2.21. The average molecular weight is 245 g/mol. The molecule has 17 heavy (non-hydrogen) atoms. The van der Waals surface area contributed by atoms with Crippen molar-refractivity contribution in [1.29, 1.82) is 0 Å². The first-order valence-electron chi connectivity index (χ1n) is 5.91. The van der Waals surface area contributed by atoms with Gasteiger partial charge in [0.25, 0.3) is 0 Å². The molecule has 0 bridgehead atoms. The third-order valence-electron chi connectivity index (χ3n) is 3.22. The van der Waals surface area contributed by atoms with Crippen LogP contribution in [0.15, 0.2) is 30.3 Å². The topological polar surface area (TPSA) is 50.9 Å². The Balaban J connectivity index is 1.94. The van der Waals surface area contributed by atoms with Gasteiger partial charge in [-0.05, 0) is 36.4 Å². The van der Waals surface area contributed by atoms with Crippen molar-refractivity contribution < 1.29 is 0 Å². The molecule has 1 fully saturated rings. The van der Waals surface area contributed by atoms with Crippen molar-refractivity contribution in [2.24, 2.45) is 0 Å². The Labute approximate surface area is 105 Å². The molecule has 3 rings (SSSR count). The van der Waals surface area contributed by atoms with Gasteiger partial charge in [-0.25, -0.2) is 0 Å². The standard InChI is InChI=1S/C13H15N3S/c14-12-11(9-5-2-1-3-6-9)13(17-16-12)15-10-7-4-8-10/h1-3,5-6,10,15H,4,7-8H2,(H2,14,16). The lowest BCUT2D eigenvalue weighted by atomic mass is 9.93. The summed E-state index contributed by atoms with van der Waals surface area (Å²) in [5.74, 6) is 0.628. The van der Waals surface area contributed by atoms with E-state index >= 15 is 0 Å². The number of aromatic nitrogens is 1. The Kier molecular flexibility index (Phi) is 2.73. The van der Waals surface area contributed by atoms with Crippen LogP contribution in [0.4, 0.5) is 10.8 Å². The molecule has 2 aromatic rings. The highest BCUT2D eigenvalue weighted by atomic mass is 32.1. The SMILES string of the molecule is Nc1nsc(NC2CCC2)c1-c1ccccc1. The van der Waals surface area contributed by atoms with Gasteiger partial charge in [-0.1, -0.05) is 30.3 Å². The molecule has 0 spiro atoms. The second-order valence-corrected chi connectivity index (χ2v) is 5.18. The summed E-state index contributed by atoms with van der Waals surface area (Å²) in [6, 6.07) is 10.8. The minimum atomic E-state index is 0.609. The largest absolute Gasteiger partial charge is 0.382 e. The summed E-state index contributed by atoms with van der Waals surface area (Å²) < 4.78 is 4.26. The number of hydrogen-bond donors (Lipinski definition) is 2. The molecule has 88 valence electrons. The summed E-state index contributed by atoms with van der Waals surface area (Å²) in [6.07, 6.45) is 3.84. The summed E-state index contributed by atoms with van der Waals surface area (Å²) in [6.45, 7) is 0. The van der Waals surface area contributed by atoms with Crippen LogP contribution in [0.3, 0.4) is 0 Å². The number of nitrogen functional groups attached to an aromatic ring is 1. The fourth-order valence-corrected chi connectivity index (χ4v) is 2.84. The van der Waals surface area contributed by atoms with E-state index in [0.717, 1.165) is 16.1 Å². The number of nitrogens with zero attached hydrogens (tertiary/aromatic N) is 1. The van der Waals surface area contributed by atoms with Crippen molar-refractivity contribution in [3.63, 3.8) is 0 Å². The molecule has 3 N–H and O–H groups in total. The predicted octanol–water partition coefficient (Wildman–Crippen LogP) is 3.36. The minimum Gasteiger partial charge on any atom is -0.382 e. The molecule has 4 heteroatoms. The van der Waals surface area contributed by atoms with Gasteiger partial charge in [0.1, 0.15) is 10.8 Å². The summed E-state index contributed by atoms with van der Waals surface area (Å²) in [5, 5.41) is 4.65. The van der Waals surface area contributed by atoms with Crippen molar-refractivity contribution in [2.45, 2.75) is 25.3 Å². The van der Waals surface area contributed by atoms with Gasteiger partial charge in [-0.3, -0.25) is 0 Å². The van der Waals surface area contributed by atoms with E-state index in [2.05, 4.69) is 21.8 Å². The summed E-state index contributed by atoms with van der Waals surface area (Å²) in [7, 11) is 0. The van der Waals surface area contributed by atoms with Crippen LogP contribution < -0.4 is 11.1 Å². The van der Waals surface area contributed by atoms with Gasteiger partial charge in [-0.2, -0.15) is 4.37 Å². The zero-order chi connectivity index (χ0) is 11.7. The molecule has 0 aliphatic heterocycles. The third-order valence-corrected chi connectivity index (χ3v) is 4.01. The summed E-state index contributed by atoms with van der Waals surface area (Å²) in [5.41, 5.74) is 8.17. The number of nitrogens with one attached hydrogen (secondary N) is 1. The maximum Gasteiger partial charge on any atom is 0.147 e. The molecule has 1 aliphatic rings. The van der Waals surface area contributed by atoms with Gasteiger partial charge in [0.15, 0.2) is 0 Å². The molecule has 1 saturated carbocycles. The lowest BCUT2D eigenvalue weighted by Gasteiger charge is -2.27. The second-order valence-electron chi connectivity index (χ2n) is 4.41. The van der Waals surface area contributed by atoms with Crippen LogP contribution in [-0.2, 0) is 0 Å². The first kappa shape index (κ1) is 10.6. The number of nitrogens with two attached hydrogens (primary N) is 1. The first-order chi connectivity index (χ1) is 8.34. The van der Waals surface area contributed by atoms with E-state index in [1.165, 1.54) is 30.8 Å². The maximum atomic E-state index is 5.97. The monoisotopic (exact) mass is 245 g/mol. The quantitative estimate of drug-likeness (QED) is 0.871. The van der Waals surface area contributed by atoms with E-state index in [0.29, 0.717) is 11.9 Å². The maximum absolute atomic E-state index is 5.97. The van der Waals surface area contributed by atoms with Crippen LogP contribution in [-0.4, -0.2) is 10.4 Å². The van der Waals surface area contributed by atoms with Crippen molar-refractivity contribution in [3.05, 3.63) is 30.3 Å². The molecule has 0 amide bonds. The van der Waals surface area contributed by atoms with Crippen LogP contribution in [0.25, 0.3) is 11.1 Å². The van der Waals surface area contributed by atoms with E-state index < -0.39 is 0 Å². The molecule has 1 heterocycles. The minimum absolute atomic E-state index is 0.609. The van der Waals surface area contributed by atoms with Gasteiger partial charge in [0, 0.05) is 6.04 Å². The van der Waals surface area contributed by atoms with E-state index in [9.17, 15) is 0 Å². The molecular weight excluding hydrogens is 230 g/mol. The zero-order valence-electron chi connectivity index (χ0n) is 9.52. The molecule has 0 saturated heterocycles. The smallest absolute Gasteiger partial charge is 0.147 e. The number of anilines is 2. The first-order valence-corrected chi connectivity index (χ1v) is 6.69. The zero-order valence-corrected chi connectivity index (χ0v) is 10.3. The van der Waals surface area contributed by atoms with Gasteiger partial charge in [0.2, 0.25) is 0 Å². The van der Waals surface area contributed by atoms with Gasteiger partial charge in [0.05, 0.1) is 5.56 Å². The molecule has 1 aromatic carbocycles. The fourth-order valence-electron chi connectivity index (χ4n) is 2.02. The van der Waals surface area contributed by atoms with Crippen molar-refractivity contribution in [2.75, 3.05) is 11.1 Å². The van der Waals surface area contributed by atoms with E-state index in [-0.39, 0.29) is 0 Å². The molecule has 3 nitrogen and oxygen atoms in total. The van der Waals surface area contributed by atoms with Crippen molar-refractivity contribution in [3.8, 4) is 11.1 Å². The van der Waals surface area contributed by atoms with E-state index in [1.54, 1.807) is 0 Å². The Morgan fingerprint density at radius 1 is 1.24 bits per heavy atom. The molecule has 1 aliphatic carbocycles. The summed E-state index contributed by atoms with van der Waals surface area (Å²) >= 11 is 1.46. The molecule has 0 radical (unpaired) electrons. The fraction of sp³-hybridized carbons (Fsp3) is 0.308. The molecule has 0 unspecified atom stereocenters. The predicted molar refractivity (Wildman–Crippen MR) is 73.2 cm³/mol. The van der Waals surface area contributed by atoms with E-state index in [1.807, 2.05) is 18.2 Å². The Morgan fingerprint density at radius 3 is 2.65 bits per heavy atom. The summed E-state index contributed by atoms with van der Waals surface area (Å²) in [4.78, 5) is 0. The molecule has 0 atom stereocenters. The molecule has 1 aromatic heterocycles. The lowest BCUT2D eigenvalue weighted by Crippen LogP contribution is -2.26. The van der Waals surface area contributed by atoms with Crippen molar-refractivity contribution >= 4 is 22.4 Å². The third kappa shape index (κ3) is 2.00. The van der Waals surface area contributed by atoms with Gasteiger partial charge in [-0.15, -0.1) is 0 Å². The van der Waals surface area contributed by atoms with Crippen molar-refractivity contribution in [1.82, 2.24) is 4.37 Å². The van der Waals surface area contributed by atoms with Gasteiger partial charge < -0.3 is 11.1 Å². The highest BCUT2D eigenvalue weighted by molar-refractivity contribution is 7.11. The lowest BCUT2D eigenvalue weighted by molar-refractivity contribution is 0.446. The Morgan fingerprint density at radius 2 is 2.00 bits per heavy atom. The average Bonchev–Trinajstić information content (AvgIpc) is 2.66. The van der Waals surface area contributed by atoms with Crippen LogP contribution in [0.5, 0.6) is 0 Å². The Bertz CT molecular complexity index is 503. The second kappa shape index (κ2) is 4.37. The number of benzene rings is 1.